The van der Waals surface area contributed by atoms with E-state index in [1.54, 1.807) is 34.2 Å². The molecular formula is C20H24ClN5O4. The van der Waals surface area contributed by atoms with Crippen molar-refractivity contribution in [3.05, 3.63) is 46.1 Å². The van der Waals surface area contributed by atoms with E-state index in [4.69, 9.17) is 16.3 Å². The molecule has 3 heterocycles. The summed E-state index contributed by atoms with van der Waals surface area (Å²) < 4.78 is 5.27. The molecule has 3 aliphatic rings. The van der Waals surface area contributed by atoms with Crippen LogP contribution in [0.15, 0.2) is 35.5 Å². The first kappa shape index (κ1) is 20.6. The Labute approximate surface area is 179 Å². The summed E-state index contributed by atoms with van der Waals surface area (Å²) in [4.78, 5) is 41.4. The molecule has 9 nitrogen and oxygen atoms in total. The van der Waals surface area contributed by atoms with Gasteiger partial charge in [-0.3, -0.25) is 19.9 Å². The van der Waals surface area contributed by atoms with Crippen molar-refractivity contribution in [3.63, 3.8) is 0 Å². The molecule has 2 N–H and O–H groups in total. The lowest BCUT2D eigenvalue weighted by molar-refractivity contribution is -0.135. The summed E-state index contributed by atoms with van der Waals surface area (Å²) in [6, 6.07) is 6.20. The number of hydrogen-bond acceptors (Lipinski definition) is 5. The molecule has 1 fully saturated rings. The van der Waals surface area contributed by atoms with E-state index in [0.29, 0.717) is 49.1 Å². The van der Waals surface area contributed by atoms with Gasteiger partial charge in [0.2, 0.25) is 0 Å². The van der Waals surface area contributed by atoms with Gasteiger partial charge in [-0.1, -0.05) is 23.7 Å². The fourth-order valence-corrected chi connectivity index (χ4v) is 4.10. The Hall–Kier alpha value is -2.62. The highest BCUT2D eigenvalue weighted by Crippen LogP contribution is 2.36. The number of rotatable bonds is 5. The Morgan fingerprint density at radius 3 is 2.60 bits per heavy atom. The maximum Gasteiger partial charge on any atom is 0.322 e. The topological polar surface area (TPSA) is 94.2 Å². The van der Waals surface area contributed by atoms with Crippen LogP contribution in [0.25, 0.3) is 0 Å². The molecule has 1 saturated heterocycles. The fourth-order valence-electron chi connectivity index (χ4n) is 3.98. The molecule has 0 saturated carbocycles. The molecule has 30 heavy (non-hydrogen) atoms. The number of nitrogens with zero attached hydrogens (tertiary/aromatic N) is 3. The number of hydrogen-bond donors (Lipinski definition) is 2. The molecule has 0 aliphatic carbocycles. The normalized spacial score (nSPS) is 22.3. The molecule has 10 heteroatoms. The SMILES string of the molecule is CCN1C(=O)NC(c2ccc(Cl)cc2)C2=C1CN(CC(=O)NN1CCOCC1)C2=O. The van der Waals surface area contributed by atoms with Gasteiger partial charge in [-0.2, -0.15) is 0 Å². The highest BCUT2D eigenvalue weighted by Gasteiger charge is 2.44. The van der Waals surface area contributed by atoms with E-state index < -0.39 is 6.04 Å². The first-order valence-electron chi connectivity index (χ1n) is 9.96. The van der Waals surface area contributed by atoms with E-state index in [-0.39, 0.29) is 30.9 Å². The second kappa shape index (κ2) is 8.63. The molecule has 1 aromatic carbocycles. The molecule has 0 bridgehead atoms. The highest BCUT2D eigenvalue weighted by molar-refractivity contribution is 6.30. The minimum atomic E-state index is -0.577. The zero-order valence-corrected chi connectivity index (χ0v) is 17.4. The van der Waals surface area contributed by atoms with E-state index in [1.807, 2.05) is 6.92 Å². The van der Waals surface area contributed by atoms with Gasteiger partial charge in [0, 0.05) is 24.7 Å². The van der Waals surface area contributed by atoms with Crippen molar-refractivity contribution in [2.24, 2.45) is 0 Å². The van der Waals surface area contributed by atoms with Crippen molar-refractivity contribution >= 4 is 29.4 Å². The Bertz CT molecular complexity index is 882. The maximum absolute atomic E-state index is 13.2. The van der Waals surface area contributed by atoms with Gasteiger partial charge < -0.3 is 15.0 Å². The van der Waals surface area contributed by atoms with Crippen LogP contribution in [0.5, 0.6) is 0 Å². The van der Waals surface area contributed by atoms with Crippen molar-refractivity contribution in [1.82, 2.24) is 25.6 Å². The van der Waals surface area contributed by atoms with Gasteiger partial charge in [0.25, 0.3) is 11.8 Å². The average molecular weight is 434 g/mol. The minimum absolute atomic E-state index is 0.0811. The molecule has 0 radical (unpaired) electrons. The minimum Gasteiger partial charge on any atom is -0.379 e. The zero-order chi connectivity index (χ0) is 21.3. The number of hydrazine groups is 1. The second-order valence-electron chi connectivity index (χ2n) is 7.33. The van der Waals surface area contributed by atoms with Crippen LogP contribution in [-0.4, -0.2) is 78.6 Å². The van der Waals surface area contributed by atoms with E-state index >= 15 is 0 Å². The number of nitrogens with one attached hydrogen (secondary N) is 2. The molecule has 4 amide bonds. The monoisotopic (exact) mass is 433 g/mol. The number of carbonyl (C=O) groups excluding carboxylic acids is 3. The molecule has 160 valence electrons. The zero-order valence-electron chi connectivity index (χ0n) is 16.7. The van der Waals surface area contributed by atoms with Gasteiger partial charge in [0.15, 0.2) is 0 Å². The van der Waals surface area contributed by atoms with Crippen LogP contribution >= 0.6 is 11.6 Å². The predicted octanol–water partition coefficient (Wildman–Crippen LogP) is 0.886. The van der Waals surface area contributed by atoms with Crippen LogP contribution in [0.2, 0.25) is 5.02 Å². The van der Waals surface area contributed by atoms with Crippen LogP contribution in [0, 0.1) is 0 Å². The van der Waals surface area contributed by atoms with Gasteiger partial charge in [0.05, 0.1) is 37.1 Å². The lowest BCUT2D eigenvalue weighted by atomic mass is 9.95. The Morgan fingerprint density at radius 2 is 1.93 bits per heavy atom. The van der Waals surface area contributed by atoms with Gasteiger partial charge in [-0.25, -0.2) is 9.80 Å². The number of benzene rings is 1. The third-order valence-corrected chi connectivity index (χ3v) is 5.70. The van der Waals surface area contributed by atoms with Crippen molar-refractivity contribution in [3.8, 4) is 0 Å². The number of halogens is 1. The number of amides is 4. The molecule has 0 spiro atoms. The standard InChI is InChI=1S/C20H24ClN5O4/c1-2-26-15-11-24(12-16(27)23-25-7-9-30-10-8-25)19(28)17(15)18(22-20(26)29)13-3-5-14(21)6-4-13/h3-6,18H,2,7-12H2,1H3,(H,22,29)(H,23,27). The summed E-state index contributed by atoms with van der Waals surface area (Å²) in [6.45, 7) is 4.74. The van der Waals surface area contributed by atoms with Gasteiger partial charge in [-0.15, -0.1) is 0 Å². The van der Waals surface area contributed by atoms with Crippen molar-refractivity contribution in [1.29, 1.82) is 0 Å². The number of likely N-dealkylation sites (N-methyl/N-ethyl adjacent to an activating group) is 1. The van der Waals surface area contributed by atoms with Crippen LogP contribution in [0.1, 0.15) is 18.5 Å². The third kappa shape index (κ3) is 4.00. The summed E-state index contributed by atoms with van der Waals surface area (Å²) in [5.74, 6) is -0.518. The van der Waals surface area contributed by atoms with E-state index in [2.05, 4.69) is 10.7 Å². The largest absolute Gasteiger partial charge is 0.379 e. The molecule has 1 unspecified atom stereocenters. The summed E-state index contributed by atoms with van der Waals surface area (Å²) in [7, 11) is 0. The van der Waals surface area contributed by atoms with E-state index in [1.165, 1.54) is 4.90 Å². The average Bonchev–Trinajstić information content (AvgIpc) is 3.04. The van der Waals surface area contributed by atoms with Crippen molar-refractivity contribution in [2.45, 2.75) is 13.0 Å². The third-order valence-electron chi connectivity index (χ3n) is 5.44. The van der Waals surface area contributed by atoms with E-state index in [9.17, 15) is 14.4 Å². The Balaban J connectivity index is 1.53. The van der Waals surface area contributed by atoms with Gasteiger partial charge >= 0.3 is 6.03 Å². The first-order chi connectivity index (χ1) is 14.5. The summed E-state index contributed by atoms with van der Waals surface area (Å²) in [5.41, 5.74) is 4.73. The summed E-state index contributed by atoms with van der Waals surface area (Å²) in [6.07, 6.45) is 0. The molecule has 3 aliphatic heterocycles. The lowest BCUT2D eigenvalue weighted by Crippen LogP contribution is -2.51. The summed E-state index contributed by atoms with van der Waals surface area (Å²) >= 11 is 5.99. The van der Waals surface area contributed by atoms with Gasteiger partial charge in [0.1, 0.15) is 6.54 Å². The van der Waals surface area contributed by atoms with Gasteiger partial charge in [-0.05, 0) is 24.6 Å². The van der Waals surface area contributed by atoms with Crippen LogP contribution in [-0.2, 0) is 14.3 Å². The highest BCUT2D eigenvalue weighted by atomic mass is 35.5. The number of morpholine rings is 1. The van der Waals surface area contributed by atoms with Crippen molar-refractivity contribution in [2.75, 3.05) is 45.9 Å². The lowest BCUT2D eigenvalue weighted by Gasteiger charge is -2.32. The van der Waals surface area contributed by atoms with Crippen LogP contribution in [0.4, 0.5) is 4.79 Å². The number of urea groups is 1. The maximum atomic E-state index is 13.2. The molecule has 1 atom stereocenters. The fraction of sp³-hybridized carbons (Fsp3) is 0.450. The Morgan fingerprint density at radius 1 is 1.23 bits per heavy atom. The first-order valence-corrected chi connectivity index (χ1v) is 10.3. The van der Waals surface area contributed by atoms with Crippen LogP contribution in [0.3, 0.4) is 0 Å². The molecule has 0 aromatic heterocycles. The summed E-state index contributed by atoms with van der Waals surface area (Å²) in [5, 5.41) is 5.28. The second-order valence-corrected chi connectivity index (χ2v) is 7.77. The predicted molar refractivity (Wildman–Crippen MR) is 109 cm³/mol. The molecule has 4 rings (SSSR count). The molecule has 1 aromatic rings. The molecular weight excluding hydrogens is 410 g/mol. The van der Waals surface area contributed by atoms with Crippen LogP contribution < -0.4 is 10.7 Å². The van der Waals surface area contributed by atoms with Crippen molar-refractivity contribution < 1.29 is 19.1 Å². The number of ether oxygens (including phenoxy) is 1. The smallest absolute Gasteiger partial charge is 0.322 e. The number of carbonyl (C=O) groups is 3. The Kier molecular flexibility index (Phi) is 5.94. The quantitative estimate of drug-likeness (QED) is 0.719. The van der Waals surface area contributed by atoms with E-state index in [0.717, 1.165) is 5.56 Å².